The topological polar surface area (TPSA) is 91.7 Å². The largest absolute Gasteiger partial charge is 0.497 e. The van der Waals surface area contributed by atoms with Gasteiger partial charge in [-0.15, -0.1) is 5.10 Å². The maximum atomic E-state index is 5.85. The molecule has 1 aliphatic rings. The minimum Gasteiger partial charge on any atom is -0.497 e. The van der Waals surface area contributed by atoms with Crippen LogP contribution in [-0.2, 0) is 6.42 Å². The van der Waals surface area contributed by atoms with E-state index in [0.717, 1.165) is 42.2 Å². The Kier molecular flexibility index (Phi) is 3.42. The summed E-state index contributed by atoms with van der Waals surface area (Å²) in [5, 5.41) is 8.33. The van der Waals surface area contributed by atoms with Crippen LogP contribution in [0.1, 0.15) is 18.7 Å². The molecule has 1 aliphatic carbocycles. The normalized spacial score (nSPS) is 20.4. The molecule has 4 rings (SSSR count). The van der Waals surface area contributed by atoms with E-state index in [1.54, 1.807) is 18.0 Å². The molecule has 0 amide bonds. The number of ether oxygens (including phenoxy) is 1. The predicted molar refractivity (Wildman–Crippen MR) is 85.4 cm³/mol. The van der Waals surface area contributed by atoms with Crippen LogP contribution >= 0.6 is 0 Å². The first-order valence-corrected chi connectivity index (χ1v) is 7.70. The van der Waals surface area contributed by atoms with Gasteiger partial charge in [0.2, 0.25) is 0 Å². The average Bonchev–Trinajstić information content (AvgIpc) is 2.97. The SMILES string of the molecule is COc1ccc(-n2nnc3cnc(CC4CC(N)C4)nc32)cc1. The highest BCUT2D eigenvalue weighted by atomic mass is 16.5. The summed E-state index contributed by atoms with van der Waals surface area (Å²) in [6, 6.07) is 7.98. The lowest BCUT2D eigenvalue weighted by Gasteiger charge is -2.31. The van der Waals surface area contributed by atoms with Crippen LogP contribution in [0, 0.1) is 5.92 Å². The standard InChI is InChI=1S/C16H18N6O/c1-23-13-4-2-12(3-5-13)22-16-14(20-21-22)9-18-15(19-16)8-10-6-11(17)7-10/h2-5,9-11H,6-8,17H2,1H3. The molecule has 1 fully saturated rings. The minimum atomic E-state index is 0.343. The molecule has 2 N–H and O–H groups in total. The van der Waals surface area contributed by atoms with E-state index in [9.17, 15) is 0 Å². The highest BCUT2D eigenvalue weighted by Gasteiger charge is 2.27. The van der Waals surface area contributed by atoms with Crippen LogP contribution in [0.25, 0.3) is 16.9 Å². The van der Waals surface area contributed by atoms with Crippen molar-refractivity contribution in [1.82, 2.24) is 25.0 Å². The van der Waals surface area contributed by atoms with Crippen molar-refractivity contribution in [1.29, 1.82) is 0 Å². The van der Waals surface area contributed by atoms with Crippen molar-refractivity contribution in [2.45, 2.75) is 25.3 Å². The van der Waals surface area contributed by atoms with Crippen molar-refractivity contribution in [2.75, 3.05) is 7.11 Å². The summed E-state index contributed by atoms with van der Waals surface area (Å²) < 4.78 is 6.91. The van der Waals surface area contributed by atoms with Gasteiger partial charge in [0.1, 0.15) is 11.6 Å². The van der Waals surface area contributed by atoms with E-state index in [-0.39, 0.29) is 0 Å². The van der Waals surface area contributed by atoms with Crippen LogP contribution < -0.4 is 10.5 Å². The molecule has 1 aromatic carbocycles. The molecule has 0 saturated heterocycles. The van der Waals surface area contributed by atoms with E-state index in [2.05, 4.69) is 20.3 Å². The summed E-state index contributed by atoms with van der Waals surface area (Å²) in [5.41, 5.74) is 8.15. The lowest BCUT2D eigenvalue weighted by atomic mass is 9.79. The quantitative estimate of drug-likeness (QED) is 0.785. The number of aromatic nitrogens is 5. The zero-order valence-electron chi connectivity index (χ0n) is 12.9. The Bertz CT molecular complexity index is 822. The van der Waals surface area contributed by atoms with Gasteiger partial charge in [0.15, 0.2) is 11.2 Å². The zero-order valence-corrected chi connectivity index (χ0v) is 12.9. The molecule has 0 spiro atoms. The fraction of sp³-hybridized carbons (Fsp3) is 0.375. The highest BCUT2D eigenvalue weighted by Crippen LogP contribution is 2.28. The van der Waals surface area contributed by atoms with Gasteiger partial charge in [-0.25, -0.2) is 9.97 Å². The zero-order chi connectivity index (χ0) is 15.8. The smallest absolute Gasteiger partial charge is 0.187 e. The number of fused-ring (bicyclic) bond motifs is 1. The molecular weight excluding hydrogens is 292 g/mol. The molecule has 0 bridgehead atoms. The number of nitrogens with zero attached hydrogens (tertiary/aromatic N) is 5. The van der Waals surface area contributed by atoms with Crippen LogP contribution in [0.4, 0.5) is 0 Å². The van der Waals surface area contributed by atoms with Crippen LogP contribution in [0.2, 0.25) is 0 Å². The third-order valence-corrected chi connectivity index (χ3v) is 4.30. The van der Waals surface area contributed by atoms with Gasteiger partial charge in [0.05, 0.1) is 19.0 Å². The third-order valence-electron chi connectivity index (χ3n) is 4.30. The van der Waals surface area contributed by atoms with Crippen LogP contribution in [-0.4, -0.2) is 38.1 Å². The maximum absolute atomic E-state index is 5.85. The number of hydrogen-bond acceptors (Lipinski definition) is 6. The molecule has 2 heterocycles. The molecule has 0 unspecified atom stereocenters. The summed E-state index contributed by atoms with van der Waals surface area (Å²) in [5.74, 6) is 2.22. The Morgan fingerprint density at radius 2 is 2.04 bits per heavy atom. The molecule has 0 aliphatic heterocycles. The Morgan fingerprint density at radius 1 is 1.26 bits per heavy atom. The fourth-order valence-corrected chi connectivity index (χ4v) is 2.97. The van der Waals surface area contributed by atoms with Gasteiger partial charge in [0, 0.05) is 12.5 Å². The molecule has 7 nitrogen and oxygen atoms in total. The van der Waals surface area contributed by atoms with Gasteiger partial charge in [-0.2, -0.15) is 4.68 Å². The van der Waals surface area contributed by atoms with Gasteiger partial charge >= 0.3 is 0 Å². The first kappa shape index (κ1) is 14.1. The molecule has 2 aromatic heterocycles. The number of methoxy groups -OCH3 is 1. The Labute approximate surface area is 133 Å². The van der Waals surface area contributed by atoms with Crippen molar-refractivity contribution in [3.63, 3.8) is 0 Å². The Morgan fingerprint density at radius 3 is 2.74 bits per heavy atom. The third kappa shape index (κ3) is 2.63. The molecule has 3 aromatic rings. The Balaban J connectivity index is 1.66. The van der Waals surface area contributed by atoms with E-state index < -0.39 is 0 Å². The van der Waals surface area contributed by atoms with Gasteiger partial charge in [-0.05, 0) is 43.0 Å². The first-order chi connectivity index (χ1) is 11.2. The summed E-state index contributed by atoms with van der Waals surface area (Å²) in [7, 11) is 1.64. The summed E-state index contributed by atoms with van der Waals surface area (Å²) in [6.07, 6.45) is 4.70. The number of rotatable bonds is 4. The highest BCUT2D eigenvalue weighted by molar-refractivity contribution is 5.70. The molecule has 0 radical (unpaired) electrons. The molecule has 7 heteroatoms. The monoisotopic (exact) mass is 310 g/mol. The van der Waals surface area contributed by atoms with Crippen LogP contribution in [0.15, 0.2) is 30.5 Å². The molecular formula is C16H18N6O. The van der Waals surface area contributed by atoms with Gasteiger partial charge in [-0.3, -0.25) is 0 Å². The van der Waals surface area contributed by atoms with Crippen LogP contribution in [0.5, 0.6) is 5.75 Å². The second-order valence-electron chi connectivity index (χ2n) is 6.00. The summed E-state index contributed by atoms with van der Waals surface area (Å²) in [6.45, 7) is 0. The van der Waals surface area contributed by atoms with Crippen molar-refractivity contribution in [3.8, 4) is 11.4 Å². The summed E-state index contributed by atoms with van der Waals surface area (Å²) >= 11 is 0. The fourth-order valence-electron chi connectivity index (χ4n) is 2.97. The van der Waals surface area contributed by atoms with Gasteiger partial charge < -0.3 is 10.5 Å². The van der Waals surface area contributed by atoms with Gasteiger partial charge in [0.25, 0.3) is 0 Å². The van der Waals surface area contributed by atoms with E-state index in [0.29, 0.717) is 17.5 Å². The predicted octanol–water partition coefficient (Wildman–Crippen LogP) is 1.50. The van der Waals surface area contributed by atoms with E-state index in [1.807, 2.05) is 24.3 Å². The van der Waals surface area contributed by atoms with Crippen molar-refractivity contribution < 1.29 is 4.74 Å². The van der Waals surface area contributed by atoms with Crippen molar-refractivity contribution in [3.05, 3.63) is 36.3 Å². The molecule has 118 valence electrons. The van der Waals surface area contributed by atoms with Crippen LogP contribution in [0.3, 0.4) is 0 Å². The number of benzene rings is 1. The first-order valence-electron chi connectivity index (χ1n) is 7.70. The van der Waals surface area contributed by atoms with E-state index in [4.69, 9.17) is 10.5 Å². The van der Waals surface area contributed by atoms with E-state index >= 15 is 0 Å². The molecule has 0 atom stereocenters. The maximum Gasteiger partial charge on any atom is 0.187 e. The second kappa shape index (κ2) is 5.58. The number of hydrogen-bond donors (Lipinski definition) is 1. The lowest BCUT2D eigenvalue weighted by molar-refractivity contribution is 0.260. The lowest BCUT2D eigenvalue weighted by Crippen LogP contribution is -2.37. The van der Waals surface area contributed by atoms with Crippen molar-refractivity contribution >= 4 is 11.2 Å². The van der Waals surface area contributed by atoms with Gasteiger partial charge in [-0.1, -0.05) is 5.21 Å². The van der Waals surface area contributed by atoms with E-state index in [1.165, 1.54) is 0 Å². The second-order valence-corrected chi connectivity index (χ2v) is 6.00. The van der Waals surface area contributed by atoms with Crippen molar-refractivity contribution in [2.24, 2.45) is 11.7 Å². The Hall–Kier alpha value is -2.54. The average molecular weight is 310 g/mol. The molecule has 1 saturated carbocycles. The summed E-state index contributed by atoms with van der Waals surface area (Å²) in [4.78, 5) is 9.06. The molecule has 23 heavy (non-hydrogen) atoms. The minimum absolute atomic E-state index is 0.343. The number of nitrogens with two attached hydrogens (primary N) is 1.